The zero-order chi connectivity index (χ0) is 21.3. The van der Waals surface area contributed by atoms with Crippen LogP contribution < -0.4 is 15.4 Å². The lowest BCUT2D eigenvalue weighted by Crippen LogP contribution is -2.38. The lowest BCUT2D eigenvalue weighted by molar-refractivity contribution is 0.409. The molecule has 0 aromatic heterocycles. The molecule has 0 unspecified atom stereocenters. The smallest absolute Gasteiger partial charge is 0.242 e. The summed E-state index contributed by atoms with van der Waals surface area (Å²) in [5, 5.41) is 6.55. The number of rotatable bonds is 9. The summed E-state index contributed by atoms with van der Waals surface area (Å²) in [6.45, 7) is 3.93. The van der Waals surface area contributed by atoms with E-state index >= 15 is 0 Å². The highest BCUT2D eigenvalue weighted by atomic mass is 127. The number of nitrogens with zero attached hydrogens (tertiary/aromatic N) is 2. The Morgan fingerprint density at radius 3 is 2.33 bits per heavy atom. The number of guanidine groups is 1. The van der Waals surface area contributed by atoms with Crippen LogP contribution in [-0.2, 0) is 23.0 Å². The Bertz CT molecular complexity index is 916. The predicted octanol–water partition coefficient (Wildman–Crippen LogP) is 2.86. The lowest BCUT2D eigenvalue weighted by atomic mass is 10.1. The van der Waals surface area contributed by atoms with Crippen LogP contribution in [0.3, 0.4) is 0 Å². The van der Waals surface area contributed by atoms with Crippen LogP contribution in [0.5, 0.6) is 5.75 Å². The van der Waals surface area contributed by atoms with Gasteiger partial charge in [-0.05, 0) is 42.7 Å². The van der Waals surface area contributed by atoms with E-state index in [1.807, 2.05) is 31.2 Å². The van der Waals surface area contributed by atoms with Crippen LogP contribution in [0.1, 0.15) is 18.1 Å². The average Bonchev–Trinajstić information content (AvgIpc) is 2.72. The first-order valence-corrected chi connectivity index (χ1v) is 11.0. The molecule has 166 valence electrons. The van der Waals surface area contributed by atoms with E-state index in [-0.39, 0.29) is 28.9 Å². The normalized spacial score (nSPS) is 11.7. The molecule has 7 nitrogen and oxygen atoms in total. The van der Waals surface area contributed by atoms with Gasteiger partial charge < -0.3 is 15.4 Å². The van der Waals surface area contributed by atoms with Crippen LogP contribution >= 0.6 is 24.0 Å². The van der Waals surface area contributed by atoms with Gasteiger partial charge in [0.2, 0.25) is 10.0 Å². The van der Waals surface area contributed by atoms with Crippen LogP contribution in [0.4, 0.5) is 0 Å². The van der Waals surface area contributed by atoms with Crippen LogP contribution in [0.25, 0.3) is 0 Å². The number of ether oxygens (including phenoxy) is 1. The van der Waals surface area contributed by atoms with Crippen molar-refractivity contribution in [2.24, 2.45) is 4.99 Å². The van der Waals surface area contributed by atoms with Gasteiger partial charge in [-0.2, -0.15) is 0 Å². The van der Waals surface area contributed by atoms with E-state index in [9.17, 15) is 8.42 Å². The van der Waals surface area contributed by atoms with Crippen LogP contribution in [0.15, 0.2) is 58.4 Å². The zero-order valence-electron chi connectivity index (χ0n) is 17.9. The molecule has 0 aliphatic heterocycles. The summed E-state index contributed by atoms with van der Waals surface area (Å²) in [5.41, 5.74) is 2.07. The summed E-state index contributed by atoms with van der Waals surface area (Å²) in [6, 6.07) is 14.8. The summed E-state index contributed by atoms with van der Waals surface area (Å²) in [7, 11) is 1.30. The van der Waals surface area contributed by atoms with Crippen molar-refractivity contribution < 1.29 is 13.2 Å². The molecule has 0 bridgehead atoms. The van der Waals surface area contributed by atoms with E-state index in [1.54, 1.807) is 31.4 Å². The molecule has 0 aliphatic carbocycles. The van der Waals surface area contributed by atoms with E-state index in [4.69, 9.17) is 4.74 Å². The van der Waals surface area contributed by atoms with Gasteiger partial charge in [0, 0.05) is 27.2 Å². The molecule has 2 N–H and O–H groups in total. The van der Waals surface area contributed by atoms with Crippen LogP contribution in [0, 0.1) is 0 Å². The van der Waals surface area contributed by atoms with E-state index in [1.165, 1.54) is 18.4 Å². The molecule has 30 heavy (non-hydrogen) atoms. The number of aliphatic imine (C=N–C) groups is 1. The van der Waals surface area contributed by atoms with Gasteiger partial charge in [0.1, 0.15) is 5.75 Å². The fraction of sp³-hybridized carbons (Fsp3) is 0.381. The third-order valence-electron chi connectivity index (χ3n) is 4.35. The number of nitrogens with one attached hydrogen (secondary N) is 2. The second-order valence-electron chi connectivity index (χ2n) is 6.62. The average molecular weight is 546 g/mol. The number of para-hydroxylation sites is 1. The molecule has 0 fully saturated rings. The van der Waals surface area contributed by atoms with Gasteiger partial charge in [0.05, 0.1) is 18.6 Å². The predicted molar refractivity (Wildman–Crippen MR) is 132 cm³/mol. The molecule has 0 atom stereocenters. The van der Waals surface area contributed by atoms with Crippen molar-refractivity contribution in [1.29, 1.82) is 0 Å². The topological polar surface area (TPSA) is 83.0 Å². The molecular formula is C21H31IN4O3S. The zero-order valence-corrected chi connectivity index (χ0v) is 21.0. The monoisotopic (exact) mass is 546 g/mol. The number of hydrogen-bond donors (Lipinski definition) is 2. The van der Waals surface area contributed by atoms with Gasteiger partial charge in [0.25, 0.3) is 0 Å². The maximum absolute atomic E-state index is 12.1. The van der Waals surface area contributed by atoms with E-state index in [0.717, 1.165) is 29.8 Å². The highest BCUT2D eigenvalue weighted by molar-refractivity contribution is 14.0. The Hall–Kier alpha value is -1.85. The quantitative estimate of drug-likeness (QED) is 0.287. The second-order valence-corrected chi connectivity index (χ2v) is 8.77. The number of sulfonamides is 1. The summed E-state index contributed by atoms with van der Waals surface area (Å²) in [6.07, 6.45) is 0.811. The molecule has 0 spiro atoms. The van der Waals surface area contributed by atoms with Gasteiger partial charge >= 0.3 is 0 Å². The molecule has 0 saturated heterocycles. The molecule has 0 amide bonds. The SMILES string of the molecule is CCNC(=NCc1ccc(S(=O)(=O)N(C)C)cc1)NCCc1ccccc1OC.I. The molecule has 2 aromatic carbocycles. The highest BCUT2D eigenvalue weighted by Crippen LogP contribution is 2.17. The largest absolute Gasteiger partial charge is 0.496 e. The first kappa shape index (κ1) is 26.2. The fourth-order valence-corrected chi connectivity index (χ4v) is 3.62. The third-order valence-corrected chi connectivity index (χ3v) is 6.17. The Morgan fingerprint density at radius 1 is 1.07 bits per heavy atom. The third kappa shape index (κ3) is 7.44. The van der Waals surface area contributed by atoms with Crippen molar-refractivity contribution in [3.63, 3.8) is 0 Å². The first-order valence-electron chi connectivity index (χ1n) is 9.54. The van der Waals surface area contributed by atoms with Crippen molar-refractivity contribution in [2.45, 2.75) is 24.8 Å². The van der Waals surface area contributed by atoms with Crippen molar-refractivity contribution in [1.82, 2.24) is 14.9 Å². The Labute approximate surface area is 197 Å². The van der Waals surface area contributed by atoms with E-state index < -0.39 is 10.0 Å². The molecule has 0 aliphatic rings. The number of methoxy groups -OCH3 is 1. The van der Waals surface area contributed by atoms with Gasteiger partial charge in [-0.3, -0.25) is 0 Å². The minimum atomic E-state index is -3.42. The highest BCUT2D eigenvalue weighted by Gasteiger charge is 2.16. The second kappa shape index (κ2) is 12.8. The van der Waals surface area contributed by atoms with Gasteiger partial charge in [-0.1, -0.05) is 30.3 Å². The first-order chi connectivity index (χ1) is 13.9. The standard InChI is InChI=1S/C21H30N4O3S.HI/c1-5-22-21(23-15-14-18-8-6-7-9-20(18)28-4)24-16-17-10-12-19(13-11-17)29(26,27)25(2)3;/h6-13H,5,14-16H2,1-4H3,(H2,22,23,24);1H. The maximum atomic E-state index is 12.1. The van der Waals surface area contributed by atoms with Crippen molar-refractivity contribution in [3.8, 4) is 5.75 Å². The summed E-state index contributed by atoms with van der Waals surface area (Å²) in [4.78, 5) is 4.86. The van der Waals surface area contributed by atoms with E-state index in [2.05, 4.69) is 15.6 Å². The van der Waals surface area contributed by atoms with Gasteiger partial charge in [-0.25, -0.2) is 17.7 Å². The summed E-state index contributed by atoms with van der Waals surface area (Å²) >= 11 is 0. The Kier molecular flexibility index (Phi) is 11.1. The molecule has 2 rings (SSSR count). The lowest BCUT2D eigenvalue weighted by Gasteiger charge is -2.13. The molecular weight excluding hydrogens is 515 g/mol. The molecule has 0 saturated carbocycles. The van der Waals surface area contributed by atoms with Crippen LogP contribution in [0.2, 0.25) is 0 Å². The van der Waals surface area contributed by atoms with E-state index in [0.29, 0.717) is 19.0 Å². The molecule has 0 radical (unpaired) electrons. The van der Waals surface area contributed by atoms with Crippen LogP contribution in [-0.4, -0.2) is 53.0 Å². The molecule has 2 aromatic rings. The number of benzene rings is 2. The van der Waals surface area contributed by atoms with Gasteiger partial charge in [-0.15, -0.1) is 24.0 Å². The summed E-state index contributed by atoms with van der Waals surface area (Å²) < 4.78 is 30.9. The Morgan fingerprint density at radius 2 is 1.73 bits per heavy atom. The van der Waals surface area contributed by atoms with Crippen molar-refractivity contribution >= 4 is 40.0 Å². The molecule has 9 heteroatoms. The summed E-state index contributed by atoms with van der Waals surface area (Å²) in [5.74, 6) is 1.59. The molecule has 0 heterocycles. The van der Waals surface area contributed by atoms with Gasteiger partial charge in [0.15, 0.2) is 5.96 Å². The fourth-order valence-electron chi connectivity index (χ4n) is 2.71. The number of halogens is 1. The number of hydrogen-bond acceptors (Lipinski definition) is 4. The Balaban J connectivity index is 0.00000450. The maximum Gasteiger partial charge on any atom is 0.242 e. The minimum absolute atomic E-state index is 0. The van der Waals surface area contributed by atoms with Crippen molar-refractivity contribution in [3.05, 3.63) is 59.7 Å². The minimum Gasteiger partial charge on any atom is -0.496 e. The van der Waals surface area contributed by atoms with Crippen molar-refractivity contribution in [2.75, 3.05) is 34.3 Å².